The molecule has 4 amide bonds. The van der Waals surface area contributed by atoms with E-state index in [1.807, 2.05) is 55.5 Å². The van der Waals surface area contributed by atoms with Crippen LogP contribution >= 0.6 is 11.6 Å². The molecule has 7 atom stereocenters. The van der Waals surface area contributed by atoms with Crippen molar-refractivity contribution in [2.24, 2.45) is 5.92 Å². The number of amides is 4. The number of hydrogen-bond donors (Lipinski definition) is 4. The Balaban J connectivity index is 1.04. The molecule has 4 aromatic rings. The third-order valence-corrected chi connectivity index (χ3v) is 11.7. The van der Waals surface area contributed by atoms with Crippen LogP contribution in [0.25, 0.3) is 33.6 Å². The fraction of sp³-hybridized carbons (Fsp3) is 0.442. The van der Waals surface area contributed by atoms with E-state index in [0.29, 0.717) is 41.9 Å². The lowest BCUT2D eigenvalue weighted by Crippen LogP contribution is -2.52. The number of methoxy groups -OCH3 is 4. The number of hydrogen-bond acceptors (Lipinski definition) is 10. The number of nitrogens with zero attached hydrogens (tertiary/aromatic N) is 4. The Morgan fingerprint density at radius 2 is 1.33 bits per heavy atom. The van der Waals surface area contributed by atoms with Crippen molar-refractivity contribution in [2.45, 2.75) is 75.3 Å². The van der Waals surface area contributed by atoms with Gasteiger partial charge in [0.1, 0.15) is 40.6 Å². The number of halogens is 1. The van der Waals surface area contributed by atoms with E-state index in [1.54, 1.807) is 23.1 Å². The second-order valence-electron chi connectivity index (χ2n) is 15.1. The lowest BCUT2D eigenvalue weighted by atomic mass is 9.92. The normalized spacial score (nSPS) is 21.3. The molecule has 2 aromatic heterocycles. The number of carbonyl (C=O) groups is 4. The highest BCUT2D eigenvalue weighted by molar-refractivity contribution is 6.32. The summed E-state index contributed by atoms with van der Waals surface area (Å²) in [5.74, 6) is 6.98. The standard InChI is InChI=1S/C43H49ClN8O8/c1-24-6-16-34(51(24)40(53)30(18-20-57-2)47-42(55)59-4)38-45-23-32(46-38)27-11-7-25(8-12-27)26-9-13-28(14-10-26)36-37(44)50-39(49-36)35-22-29-15-17-33(29)52(35)41(54)31(19-21-58-3)48-43(56)60-5/h7-14,23-24,29-31,33-35H,6,16,18-22H2,1-5H3,(H,45,46)(H,47,55)(H,48,56)(H,49,50)/t24-,29-,30+,31+,33-,34+,35+/m1/s1. The van der Waals surface area contributed by atoms with Gasteiger partial charge in [-0.15, -0.1) is 0 Å². The molecule has 0 unspecified atom stereocenters. The molecule has 316 valence electrons. The maximum Gasteiger partial charge on any atom is 0.407 e. The van der Waals surface area contributed by atoms with Crippen molar-refractivity contribution in [3.05, 3.63) is 71.5 Å². The quantitative estimate of drug-likeness (QED) is 0.109. The number of imidazole rings is 2. The van der Waals surface area contributed by atoms with Gasteiger partial charge in [-0.2, -0.15) is 0 Å². The SMILES string of the molecule is COCC[C@H](NC(=O)OC)C(=O)N1[C@H](C)CC[C@H]1c1ncc(-c2ccc(-c3ccc(-c4nc([C@@H]5C[C@H]6C#C[C@H]6N5C(=O)[C@H](CCOC)NC(=O)OC)[nH]c4Cl)cc3)cc2)[nH]1. The predicted molar refractivity (Wildman–Crippen MR) is 221 cm³/mol. The van der Waals surface area contributed by atoms with Gasteiger partial charge in [0.05, 0.1) is 44.1 Å². The van der Waals surface area contributed by atoms with Gasteiger partial charge in [-0.1, -0.05) is 72.0 Å². The average molecular weight is 841 g/mol. The molecule has 2 saturated heterocycles. The van der Waals surface area contributed by atoms with Crippen LogP contribution in [-0.2, 0) is 28.5 Å². The molecule has 0 radical (unpaired) electrons. The van der Waals surface area contributed by atoms with E-state index in [4.69, 9.17) is 40.5 Å². The smallest absolute Gasteiger partial charge is 0.407 e. The maximum atomic E-state index is 13.9. The van der Waals surface area contributed by atoms with Crippen LogP contribution in [0.5, 0.6) is 0 Å². The van der Waals surface area contributed by atoms with E-state index in [0.717, 1.165) is 40.8 Å². The Kier molecular flexibility index (Phi) is 13.1. The second-order valence-corrected chi connectivity index (χ2v) is 15.5. The average Bonchev–Trinajstić information content (AvgIpc) is 4.05. The number of likely N-dealkylation sites (tertiary alicyclic amines) is 2. The molecule has 17 heteroatoms. The summed E-state index contributed by atoms with van der Waals surface area (Å²) < 4.78 is 19.9. The van der Waals surface area contributed by atoms with Gasteiger partial charge in [-0.3, -0.25) is 9.59 Å². The number of ether oxygens (including phenoxy) is 4. The van der Waals surface area contributed by atoms with E-state index < -0.39 is 30.3 Å². The zero-order valence-electron chi connectivity index (χ0n) is 34.1. The van der Waals surface area contributed by atoms with Gasteiger partial charge in [0.2, 0.25) is 11.8 Å². The highest BCUT2D eigenvalue weighted by Crippen LogP contribution is 2.44. The molecule has 0 bridgehead atoms. The molecule has 60 heavy (non-hydrogen) atoms. The molecule has 4 heterocycles. The van der Waals surface area contributed by atoms with Crippen LogP contribution in [-0.4, -0.2) is 120 Å². The maximum absolute atomic E-state index is 13.9. The molecular weight excluding hydrogens is 792 g/mol. The van der Waals surface area contributed by atoms with Gasteiger partial charge in [0, 0.05) is 51.9 Å². The molecule has 16 nitrogen and oxygen atoms in total. The summed E-state index contributed by atoms with van der Waals surface area (Å²) in [6.45, 7) is 2.57. The predicted octanol–water partition coefficient (Wildman–Crippen LogP) is 5.64. The van der Waals surface area contributed by atoms with Crippen molar-refractivity contribution >= 4 is 35.6 Å². The molecule has 1 aliphatic carbocycles. The highest BCUT2D eigenvalue weighted by atomic mass is 35.5. The molecule has 2 aliphatic heterocycles. The van der Waals surface area contributed by atoms with Crippen molar-refractivity contribution in [3.8, 4) is 45.5 Å². The number of carbonyl (C=O) groups excluding carboxylic acids is 4. The Bertz CT molecular complexity index is 2250. The Hall–Kier alpha value is -5.89. The van der Waals surface area contributed by atoms with Crippen LogP contribution in [0, 0.1) is 17.8 Å². The largest absolute Gasteiger partial charge is 0.453 e. The third-order valence-electron chi connectivity index (χ3n) is 11.5. The van der Waals surface area contributed by atoms with E-state index in [2.05, 4.69) is 32.4 Å². The minimum Gasteiger partial charge on any atom is -0.453 e. The topological polar surface area (TPSA) is 193 Å². The molecule has 0 spiro atoms. The number of H-pyrrole nitrogens is 2. The lowest BCUT2D eigenvalue weighted by Gasteiger charge is -2.32. The van der Waals surface area contributed by atoms with Crippen LogP contribution in [0.15, 0.2) is 54.7 Å². The summed E-state index contributed by atoms with van der Waals surface area (Å²) in [4.78, 5) is 71.6. The summed E-state index contributed by atoms with van der Waals surface area (Å²) in [5.41, 5.74) is 5.10. The number of benzene rings is 2. The zero-order valence-corrected chi connectivity index (χ0v) is 34.9. The summed E-state index contributed by atoms with van der Waals surface area (Å²) in [6.07, 6.45) is 3.09. The summed E-state index contributed by atoms with van der Waals surface area (Å²) in [5, 5.41) is 5.66. The molecule has 0 saturated carbocycles. The van der Waals surface area contributed by atoms with Crippen LogP contribution in [0.4, 0.5) is 9.59 Å². The Morgan fingerprint density at radius 3 is 1.88 bits per heavy atom. The van der Waals surface area contributed by atoms with Gasteiger partial charge in [0.15, 0.2) is 0 Å². The summed E-state index contributed by atoms with van der Waals surface area (Å²) >= 11 is 6.76. The number of aromatic nitrogens is 4. The van der Waals surface area contributed by atoms with Crippen molar-refractivity contribution in [3.63, 3.8) is 0 Å². The first-order valence-electron chi connectivity index (χ1n) is 19.9. The second kappa shape index (κ2) is 18.6. The number of aromatic amines is 2. The van der Waals surface area contributed by atoms with Crippen molar-refractivity contribution in [1.82, 2.24) is 40.4 Å². The molecule has 3 aliphatic rings. The molecule has 7 rings (SSSR count). The Labute approximate surface area is 353 Å². The molecule has 2 fully saturated rings. The van der Waals surface area contributed by atoms with Gasteiger partial charge in [0.25, 0.3) is 0 Å². The highest BCUT2D eigenvalue weighted by Gasteiger charge is 2.49. The first kappa shape index (κ1) is 42.2. The van der Waals surface area contributed by atoms with Gasteiger partial charge < -0.3 is 49.3 Å². The van der Waals surface area contributed by atoms with Crippen LogP contribution in [0.2, 0.25) is 5.15 Å². The van der Waals surface area contributed by atoms with Gasteiger partial charge >= 0.3 is 12.2 Å². The van der Waals surface area contributed by atoms with E-state index in [-0.39, 0.29) is 48.9 Å². The minimum absolute atomic E-state index is 0.00624. The lowest BCUT2D eigenvalue weighted by molar-refractivity contribution is -0.137. The summed E-state index contributed by atoms with van der Waals surface area (Å²) in [7, 11) is 5.60. The molecule has 2 aromatic carbocycles. The number of nitrogens with one attached hydrogen (secondary N) is 4. The zero-order chi connectivity index (χ0) is 42.5. The van der Waals surface area contributed by atoms with Gasteiger partial charge in [-0.25, -0.2) is 19.6 Å². The number of fused-ring (bicyclic) bond motifs is 1. The van der Waals surface area contributed by atoms with Gasteiger partial charge in [-0.05, 0) is 42.9 Å². The van der Waals surface area contributed by atoms with Crippen LogP contribution < -0.4 is 10.6 Å². The monoisotopic (exact) mass is 840 g/mol. The molecule has 4 N–H and O–H groups in total. The summed E-state index contributed by atoms with van der Waals surface area (Å²) in [6, 6.07) is 13.3. The molecular formula is C43H49ClN8O8. The van der Waals surface area contributed by atoms with E-state index in [9.17, 15) is 19.2 Å². The number of alkyl carbamates (subject to hydrolysis) is 2. The van der Waals surface area contributed by atoms with E-state index >= 15 is 0 Å². The minimum atomic E-state index is -0.863. The fourth-order valence-electron chi connectivity index (χ4n) is 8.21. The Morgan fingerprint density at radius 1 is 0.767 bits per heavy atom. The third kappa shape index (κ3) is 8.70. The van der Waals surface area contributed by atoms with Crippen molar-refractivity contribution < 1.29 is 38.1 Å². The first-order valence-corrected chi connectivity index (χ1v) is 20.3. The van der Waals surface area contributed by atoms with Crippen LogP contribution in [0.3, 0.4) is 0 Å². The van der Waals surface area contributed by atoms with Crippen molar-refractivity contribution in [1.29, 1.82) is 0 Å². The van der Waals surface area contributed by atoms with Crippen LogP contribution in [0.1, 0.15) is 62.8 Å². The first-order chi connectivity index (χ1) is 29.0. The number of rotatable bonds is 15. The van der Waals surface area contributed by atoms with E-state index in [1.165, 1.54) is 21.3 Å². The fourth-order valence-corrected chi connectivity index (χ4v) is 8.46. The van der Waals surface area contributed by atoms with Crippen molar-refractivity contribution in [2.75, 3.05) is 41.7 Å².